The van der Waals surface area contributed by atoms with Gasteiger partial charge in [-0.2, -0.15) is 4.98 Å². The van der Waals surface area contributed by atoms with Crippen molar-refractivity contribution in [2.75, 3.05) is 12.4 Å². The predicted octanol–water partition coefficient (Wildman–Crippen LogP) is 2.54. The van der Waals surface area contributed by atoms with Crippen LogP contribution in [-0.2, 0) is 0 Å². The van der Waals surface area contributed by atoms with E-state index in [2.05, 4.69) is 20.3 Å². The van der Waals surface area contributed by atoms with Crippen molar-refractivity contribution in [2.45, 2.75) is 0 Å². The van der Waals surface area contributed by atoms with Crippen LogP contribution in [0.15, 0.2) is 23.3 Å². The van der Waals surface area contributed by atoms with E-state index in [1.54, 1.807) is 19.5 Å². The highest BCUT2D eigenvalue weighted by Crippen LogP contribution is 2.35. The lowest BCUT2D eigenvalue weighted by Crippen LogP contribution is -1.83. The third-order valence-corrected chi connectivity index (χ3v) is 3.57. The minimum Gasteiger partial charge on any atom is -0.492 e. The average molecular weight is 258 g/mol. The lowest BCUT2D eigenvalue weighted by molar-refractivity contribution is 0.457. The van der Waals surface area contributed by atoms with E-state index in [0.29, 0.717) is 15.8 Å². The number of hydrogen-bond acceptors (Lipinski definition) is 6. The topological polar surface area (TPSA) is 70.4 Å². The number of aromatic nitrogens is 2. The monoisotopic (exact) mass is 258 g/mol. The molecule has 0 fully saturated rings. The molecule has 0 aliphatic carbocycles. The second kappa shape index (κ2) is 4.23. The Balaban J connectivity index is 2.03. The number of nitrogens with zero attached hydrogens (tertiary/aromatic N) is 3. The molecule has 1 aliphatic rings. The number of hydrogen-bond donors (Lipinski definition) is 2. The second-order valence-electron chi connectivity index (χ2n) is 3.69. The Hall–Kier alpha value is -2.21. The highest BCUT2D eigenvalue weighted by molar-refractivity contribution is 7.16. The van der Waals surface area contributed by atoms with Crippen molar-refractivity contribution >= 4 is 40.1 Å². The predicted molar refractivity (Wildman–Crippen MR) is 73.6 cm³/mol. The molecular weight excluding hydrogens is 248 g/mol. The highest BCUT2D eigenvalue weighted by Gasteiger charge is 2.14. The van der Waals surface area contributed by atoms with Gasteiger partial charge in [-0.1, -0.05) is 11.3 Å². The second-order valence-corrected chi connectivity index (χ2v) is 4.72. The number of nitrogens with one attached hydrogen (secondary N) is 1. The van der Waals surface area contributed by atoms with Crippen LogP contribution in [0.4, 0.5) is 10.9 Å². The van der Waals surface area contributed by atoms with Crippen LogP contribution >= 0.6 is 11.3 Å². The van der Waals surface area contributed by atoms with Gasteiger partial charge < -0.3 is 10.4 Å². The molecule has 0 spiro atoms. The number of allylic oxidation sites excluding steroid dienone is 1. The fraction of sp³-hybridized carbons (Fsp3) is 0.0833. The van der Waals surface area contributed by atoms with Gasteiger partial charge >= 0.3 is 0 Å². The van der Waals surface area contributed by atoms with Gasteiger partial charge in [-0.05, 0) is 18.2 Å². The summed E-state index contributed by atoms with van der Waals surface area (Å²) >= 11 is 1.39. The number of anilines is 1. The van der Waals surface area contributed by atoms with Crippen molar-refractivity contribution < 1.29 is 5.11 Å². The summed E-state index contributed by atoms with van der Waals surface area (Å²) in [7, 11) is 1.77. The Morgan fingerprint density at radius 1 is 1.44 bits per heavy atom. The summed E-state index contributed by atoms with van der Waals surface area (Å²) in [6.07, 6.45) is 5.32. The first-order valence-corrected chi connectivity index (χ1v) is 6.18. The van der Waals surface area contributed by atoms with Crippen molar-refractivity contribution in [3.63, 3.8) is 0 Å². The lowest BCUT2D eigenvalue weighted by Gasteiger charge is -1.96. The molecule has 2 N–H and O–H groups in total. The summed E-state index contributed by atoms with van der Waals surface area (Å²) in [5, 5.41) is 13.3. The van der Waals surface area contributed by atoms with Gasteiger partial charge in [0.15, 0.2) is 10.9 Å². The molecule has 18 heavy (non-hydrogen) atoms. The fourth-order valence-corrected chi connectivity index (χ4v) is 2.47. The quantitative estimate of drug-likeness (QED) is 0.868. The summed E-state index contributed by atoms with van der Waals surface area (Å²) in [5.41, 5.74) is 1.90. The molecule has 2 aromatic heterocycles. The molecule has 0 saturated heterocycles. The molecule has 0 aromatic carbocycles. The molecule has 0 bridgehead atoms. The van der Waals surface area contributed by atoms with Gasteiger partial charge in [0.25, 0.3) is 0 Å². The SMILES string of the molecule is CNc1nc(O)c(C=C2C=Nc3ncccc32)s1. The van der Waals surface area contributed by atoms with Crippen molar-refractivity contribution in [1.29, 1.82) is 0 Å². The van der Waals surface area contributed by atoms with Gasteiger partial charge in [-0.25, -0.2) is 9.98 Å². The van der Waals surface area contributed by atoms with Gasteiger partial charge in [-0.15, -0.1) is 0 Å². The molecule has 6 heteroatoms. The number of aromatic hydroxyl groups is 1. The first kappa shape index (κ1) is 10.9. The van der Waals surface area contributed by atoms with Gasteiger partial charge in [-0.3, -0.25) is 0 Å². The van der Waals surface area contributed by atoms with Crippen LogP contribution in [0.5, 0.6) is 5.88 Å². The molecule has 5 nitrogen and oxygen atoms in total. The Morgan fingerprint density at radius 3 is 3.11 bits per heavy atom. The van der Waals surface area contributed by atoms with Gasteiger partial charge in [0.1, 0.15) is 0 Å². The van der Waals surface area contributed by atoms with Crippen LogP contribution in [-0.4, -0.2) is 28.3 Å². The third-order valence-electron chi connectivity index (χ3n) is 2.56. The summed E-state index contributed by atoms with van der Waals surface area (Å²) in [5.74, 6) is 0.740. The summed E-state index contributed by atoms with van der Waals surface area (Å²) in [6.45, 7) is 0. The number of fused-ring (bicyclic) bond motifs is 1. The van der Waals surface area contributed by atoms with E-state index in [0.717, 1.165) is 11.1 Å². The maximum absolute atomic E-state index is 9.73. The van der Waals surface area contributed by atoms with Gasteiger partial charge in [0.05, 0.1) is 4.88 Å². The van der Waals surface area contributed by atoms with E-state index >= 15 is 0 Å². The van der Waals surface area contributed by atoms with Gasteiger partial charge in [0.2, 0.25) is 5.88 Å². The number of pyridine rings is 1. The molecular formula is C12H10N4OS. The van der Waals surface area contributed by atoms with E-state index in [1.165, 1.54) is 11.3 Å². The largest absolute Gasteiger partial charge is 0.492 e. The Bertz CT molecular complexity index is 660. The Morgan fingerprint density at radius 2 is 2.33 bits per heavy atom. The zero-order chi connectivity index (χ0) is 12.5. The Kier molecular flexibility index (Phi) is 2.56. The summed E-state index contributed by atoms with van der Waals surface area (Å²) < 4.78 is 0. The maximum atomic E-state index is 9.73. The standard InChI is InChI=1S/C12H10N4OS/c1-13-12-16-11(17)9(18-12)5-7-6-15-10-8(7)3-2-4-14-10/h2-6,17H,1H3,(H,13,16). The molecule has 90 valence electrons. The van der Waals surface area contributed by atoms with Crippen molar-refractivity contribution in [2.24, 2.45) is 4.99 Å². The number of rotatable bonds is 2. The van der Waals surface area contributed by atoms with Crippen LogP contribution in [0.2, 0.25) is 0 Å². The normalized spacial score (nSPS) is 15.1. The van der Waals surface area contributed by atoms with E-state index in [9.17, 15) is 5.11 Å². The van der Waals surface area contributed by atoms with Crippen LogP contribution in [0, 0.1) is 0 Å². The molecule has 0 amide bonds. The van der Waals surface area contributed by atoms with Crippen molar-refractivity contribution in [3.8, 4) is 5.88 Å². The van der Waals surface area contributed by atoms with Crippen LogP contribution in [0.1, 0.15) is 10.4 Å². The highest BCUT2D eigenvalue weighted by atomic mass is 32.1. The van der Waals surface area contributed by atoms with Crippen molar-refractivity contribution in [1.82, 2.24) is 9.97 Å². The Labute approximate surface area is 108 Å². The molecule has 0 radical (unpaired) electrons. The van der Waals surface area contributed by atoms with E-state index < -0.39 is 0 Å². The van der Waals surface area contributed by atoms with E-state index in [1.807, 2.05) is 18.2 Å². The number of thiazole rings is 1. The molecule has 0 atom stereocenters. The molecule has 0 saturated carbocycles. The van der Waals surface area contributed by atoms with E-state index in [4.69, 9.17) is 0 Å². The molecule has 0 unspecified atom stereocenters. The van der Waals surface area contributed by atoms with E-state index in [-0.39, 0.29) is 5.88 Å². The average Bonchev–Trinajstić information content (AvgIpc) is 2.95. The fourth-order valence-electron chi connectivity index (χ4n) is 1.71. The van der Waals surface area contributed by atoms with Crippen LogP contribution in [0.25, 0.3) is 11.6 Å². The van der Waals surface area contributed by atoms with Crippen LogP contribution in [0.3, 0.4) is 0 Å². The van der Waals surface area contributed by atoms with Gasteiger partial charge in [0, 0.05) is 30.6 Å². The number of aliphatic imine (C=N–C) groups is 1. The molecule has 3 heterocycles. The minimum absolute atomic E-state index is 0.0302. The zero-order valence-electron chi connectivity index (χ0n) is 9.58. The molecule has 1 aliphatic heterocycles. The molecule has 2 aromatic rings. The zero-order valence-corrected chi connectivity index (χ0v) is 10.4. The molecule has 3 rings (SSSR count). The summed E-state index contributed by atoms with van der Waals surface area (Å²) in [6, 6.07) is 3.82. The van der Waals surface area contributed by atoms with Crippen LogP contribution < -0.4 is 5.32 Å². The summed E-state index contributed by atoms with van der Waals surface area (Å²) in [4.78, 5) is 13.1. The maximum Gasteiger partial charge on any atom is 0.231 e. The lowest BCUT2D eigenvalue weighted by atomic mass is 10.1. The van der Waals surface area contributed by atoms with Crippen molar-refractivity contribution in [3.05, 3.63) is 28.8 Å². The minimum atomic E-state index is 0.0302. The first-order chi connectivity index (χ1) is 8.78. The smallest absolute Gasteiger partial charge is 0.231 e. The third kappa shape index (κ3) is 1.76. The first-order valence-electron chi connectivity index (χ1n) is 5.36.